The molecule has 2 aromatic rings. The van der Waals surface area contributed by atoms with Crippen LogP contribution in [0.1, 0.15) is 31.1 Å². The van der Waals surface area contributed by atoms with E-state index in [1.165, 1.54) is 19.1 Å². The highest BCUT2D eigenvalue weighted by Gasteiger charge is 2.20. The summed E-state index contributed by atoms with van der Waals surface area (Å²) in [5, 5.41) is 2.55. The van der Waals surface area contributed by atoms with Crippen molar-refractivity contribution in [3.8, 4) is 5.75 Å². The standard InChI is InChI=1S/C20H21ClFNO4/c1-12(2)11-26-16-7-4-14(5-8-16)20(25)27-13(3)19(24)23-18-9-6-15(22)10-17(18)21/h4-10,12-13H,11H2,1-3H3,(H,23,24)/t13-/m0/s1. The van der Waals surface area contributed by atoms with Gasteiger partial charge in [-0.15, -0.1) is 0 Å². The molecular weight excluding hydrogens is 373 g/mol. The summed E-state index contributed by atoms with van der Waals surface area (Å²) in [4.78, 5) is 24.3. The van der Waals surface area contributed by atoms with Crippen LogP contribution in [0, 0.1) is 11.7 Å². The van der Waals surface area contributed by atoms with Gasteiger partial charge in [0.05, 0.1) is 22.9 Å². The quantitative estimate of drug-likeness (QED) is 0.692. The first-order valence-electron chi connectivity index (χ1n) is 8.46. The summed E-state index contributed by atoms with van der Waals surface area (Å²) < 4.78 is 23.8. The van der Waals surface area contributed by atoms with Crippen molar-refractivity contribution in [1.82, 2.24) is 0 Å². The number of anilines is 1. The smallest absolute Gasteiger partial charge is 0.338 e. The fourth-order valence-electron chi connectivity index (χ4n) is 2.06. The van der Waals surface area contributed by atoms with E-state index in [9.17, 15) is 14.0 Å². The second-order valence-corrected chi connectivity index (χ2v) is 6.80. The Hall–Kier alpha value is -2.60. The molecular formula is C20H21ClFNO4. The molecule has 1 atom stereocenters. The van der Waals surface area contributed by atoms with E-state index < -0.39 is 23.8 Å². The SMILES string of the molecule is CC(C)COc1ccc(C(=O)O[C@@H](C)C(=O)Nc2ccc(F)cc2Cl)cc1. The fraction of sp³-hybridized carbons (Fsp3) is 0.300. The summed E-state index contributed by atoms with van der Waals surface area (Å²) in [5.74, 6) is -0.689. The zero-order valence-electron chi connectivity index (χ0n) is 15.3. The molecule has 0 bridgehead atoms. The molecule has 0 fully saturated rings. The van der Waals surface area contributed by atoms with Gasteiger partial charge in [0, 0.05) is 0 Å². The van der Waals surface area contributed by atoms with Gasteiger partial charge >= 0.3 is 5.97 Å². The van der Waals surface area contributed by atoms with Crippen LogP contribution in [0.5, 0.6) is 5.75 Å². The van der Waals surface area contributed by atoms with Gasteiger partial charge < -0.3 is 14.8 Å². The first-order chi connectivity index (χ1) is 12.8. The highest BCUT2D eigenvalue weighted by Crippen LogP contribution is 2.23. The summed E-state index contributed by atoms with van der Waals surface area (Å²) in [6, 6.07) is 10.1. The number of ether oxygens (including phenoxy) is 2. The minimum atomic E-state index is -1.06. The molecule has 27 heavy (non-hydrogen) atoms. The molecule has 1 amide bonds. The number of rotatable bonds is 7. The van der Waals surface area contributed by atoms with Gasteiger partial charge in [-0.3, -0.25) is 4.79 Å². The van der Waals surface area contributed by atoms with Crippen molar-refractivity contribution in [2.24, 2.45) is 5.92 Å². The molecule has 0 saturated heterocycles. The van der Waals surface area contributed by atoms with Crippen LogP contribution in [0.2, 0.25) is 5.02 Å². The summed E-state index contributed by atoms with van der Waals surface area (Å²) in [7, 11) is 0. The third-order valence-corrected chi connectivity index (χ3v) is 3.83. The molecule has 7 heteroatoms. The maximum atomic E-state index is 13.0. The molecule has 5 nitrogen and oxygen atoms in total. The fourth-order valence-corrected chi connectivity index (χ4v) is 2.27. The Labute approximate surface area is 162 Å². The van der Waals surface area contributed by atoms with Crippen LogP contribution in [-0.4, -0.2) is 24.6 Å². The maximum absolute atomic E-state index is 13.0. The number of benzene rings is 2. The normalized spacial score (nSPS) is 11.8. The van der Waals surface area contributed by atoms with Crippen LogP contribution >= 0.6 is 11.6 Å². The average molecular weight is 394 g/mol. The lowest BCUT2D eigenvalue weighted by molar-refractivity contribution is -0.123. The molecule has 1 N–H and O–H groups in total. The van der Waals surface area contributed by atoms with Crippen LogP contribution in [0.25, 0.3) is 0 Å². The van der Waals surface area contributed by atoms with E-state index in [-0.39, 0.29) is 10.7 Å². The van der Waals surface area contributed by atoms with Gasteiger partial charge in [0.1, 0.15) is 11.6 Å². The van der Waals surface area contributed by atoms with Crippen LogP contribution in [-0.2, 0) is 9.53 Å². The second kappa shape index (κ2) is 9.37. The van der Waals surface area contributed by atoms with E-state index in [1.807, 2.05) is 13.8 Å². The van der Waals surface area contributed by atoms with Gasteiger partial charge in [0.15, 0.2) is 6.10 Å². The molecule has 2 aromatic carbocycles. The summed E-state index contributed by atoms with van der Waals surface area (Å²) >= 11 is 5.87. The Balaban J connectivity index is 1.93. The summed E-state index contributed by atoms with van der Waals surface area (Å²) in [5.41, 5.74) is 0.531. The van der Waals surface area contributed by atoms with Crippen molar-refractivity contribution >= 4 is 29.2 Å². The lowest BCUT2D eigenvalue weighted by Crippen LogP contribution is -2.30. The molecule has 0 aliphatic heterocycles. The molecule has 0 aromatic heterocycles. The Kier molecular flexibility index (Phi) is 7.19. The third-order valence-electron chi connectivity index (χ3n) is 3.52. The van der Waals surface area contributed by atoms with Crippen molar-refractivity contribution in [3.63, 3.8) is 0 Å². The predicted octanol–water partition coefficient (Wildman–Crippen LogP) is 4.70. The van der Waals surface area contributed by atoms with Crippen molar-refractivity contribution in [2.45, 2.75) is 26.9 Å². The third kappa shape index (κ3) is 6.25. The molecule has 0 radical (unpaired) electrons. The van der Waals surface area contributed by atoms with E-state index in [0.29, 0.717) is 23.8 Å². The predicted molar refractivity (Wildman–Crippen MR) is 102 cm³/mol. The molecule has 0 unspecified atom stereocenters. The van der Waals surface area contributed by atoms with E-state index in [2.05, 4.69) is 5.32 Å². The zero-order chi connectivity index (χ0) is 20.0. The van der Waals surface area contributed by atoms with Crippen molar-refractivity contribution in [2.75, 3.05) is 11.9 Å². The highest BCUT2D eigenvalue weighted by molar-refractivity contribution is 6.33. The number of carbonyl (C=O) groups is 2. The lowest BCUT2D eigenvalue weighted by atomic mass is 10.2. The van der Waals surface area contributed by atoms with Crippen LogP contribution in [0.15, 0.2) is 42.5 Å². The molecule has 0 spiro atoms. The van der Waals surface area contributed by atoms with Crippen molar-refractivity contribution < 1.29 is 23.5 Å². The van der Waals surface area contributed by atoms with Crippen LogP contribution in [0.3, 0.4) is 0 Å². The Morgan fingerprint density at radius 2 is 1.78 bits per heavy atom. The van der Waals surface area contributed by atoms with E-state index in [1.54, 1.807) is 24.3 Å². The number of hydrogen-bond acceptors (Lipinski definition) is 4. The number of carbonyl (C=O) groups excluding carboxylic acids is 2. The number of halogens is 2. The summed E-state index contributed by atoms with van der Waals surface area (Å²) in [6.07, 6.45) is -1.06. The van der Waals surface area contributed by atoms with Crippen LogP contribution < -0.4 is 10.1 Å². The van der Waals surface area contributed by atoms with E-state index >= 15 is 0 Å². The summed E-state index contributed by atoms with van der Waals surface area (Å²) in [6.45, 7) is 6.09. The van der Waals surface area contributed by atoms with Gasteiger partial charge in [-0.25, -0.2) is 9.18 Å². The van der Waals surface area contributed by atoms with Crippen molar-refractivity contribution in [1.29, 1.82) is 0 Å². The number of amides is 1. The Morgan fingerprint density at radius 3 is 2.37 bits per heavy atom. The van der Waals surface area contributed by atoms with Gasteiger partial charge in [-0.1, -0.05) is 25.4 Å². The molecule has 2 rings (SSSR count). The molecule has 0 aliphatic rings. The van der Waals surface area contributed by atoms with Gasteiger partial charge in [-0.2, -0.15) is 0 Å². The average Bonchev–Trinajstić information content (AvgIpc) is 2.62. The van der Waals surface area contributed by atoms with Gasteiger partial charge in [0.2, 0.25) is 0 Å². The Bertz CT molecular complexity index is 808. The topological polar surface area (TPSA) is 64.6 Å². The van der Waals surface area contributed by atoms with Crippen LogP contribution in [0.4, 0.5) is 10.1 Å². The zero-order valence-corrected chi connectivity index (χ0v) is 16.0. The number of nitrogens with one attached hydrogen (secondary N) is 1. The van der Waals surface area contributed by atoms with E-state index in [4.69, 9.17) is 21.1 Å². The Morgan fingerprint density at radius 1 is 1.11 bits per heavy atom. The first kappa shape index (κ1) is 20.7. The minimum absolute atomic E-state index is 0.0545. The van der Waals surface area contributed by atoms with Gasteiger partial charge in [-0.05, 0) is 55.3 Å². The molecule has 0 saturated carbocycles. The van der Waals surface area contributed by atoms with Gasteiger partial charge in [0.25, 0.3) is 5.91 Å². The minimum Gasteiger partial charge on any atom is -0.493 e. The molecule has 0 aliphatic carbocycles. The highest BCUT2D eigenvalue weighted by atomic mass is 35.5. The maximum Gasteiger partial charge on any atom is 0.338 e. The van der Waals surface area contributed by atoms with Crippen molar-refractivity contribution in [3.05, 3.63) is 58.9 Å². The second-order valence-electron chi connectivity index (χ2n) is 6.39. The van der Waals surface area contributed by atoms with E-state index in [0.717, 1.165) is 6.07 Å². The molecule has 144 valence electrons. The largest absolute Gasteiger partial charge is 0.493 e. The number of hydrogen-bond donors (Lipinski definition) is 1. The first-order valence-corrected chi connectivity index (χ1v) is 8.84. The molecule has 0 heterocycles. The lowest BCUT2D eigenvalue weighted by Gasteiger charge is -2.14. The number of esters is 1. The monoisotopic (exact) mass is 393 g/mol.